The van der Waals surface area contributed by atoms with Crippen LogP contribution in [0.5, 0.6) is 5.75 Å². The number of phenolic OH excluding ortho intramolecular Hbond substituents is 1. The molecule has 0 bridgehead atoms. The maximum absolute atomic E-state index is 12.5. The van der Waals surface area contributed by atoms with Crippen LogP contribution in [0.4, 0.5) is 0 Å². The van der Waals surface area contributed by atoms with Crippen molar-refractivity contribution in [2.24, 2.45) is 5.92 Å². The van der Waals surface area contributed by atoms with Crippen LogP contribution in [0.3, 0.4) is 0 Å². The molecule has 21 heavy (non-hydrogen) atoms. The molecular formula is C15H19BrN2O3. The second kappa shape index (κ2) is 6.93. The minimum atomic E-state index is -0.234. The van der Waals surface area contributed by atoms with Gasteiger partial charge in [0.2, 0.25) is 5.91 Å². The van der Waals surface area contributed by atoms with Crippen LogP contribution in [0.15, 0.2) is 22.7 Å². The lowest BCUT2D eigenvalue weighted by molar-refractivity contribution is -0.126. The molecule has 1 saturated heterocycles. The van der Waals surface area contributed by atoms with E-state index in [9.17, 15) is 14.7 Å². The lowest BCUT2D eigenvalue weighted by atomic mass is 9.96. The van der Waals surface area contributed by atoms with Crippen LogP contribution in [0.2, 0.25) is 0 Å². The lowest BCUT2D eigenvalue weighted by Gasteiger charge is -2.32. The highest BCUT2D eigenvalue weighted by Gasteiger charge is 2.29. The van der Waals surface area contributed by atoms with Crippen molar-refractivity contribution in [2.45, 2.75) is 19.8 Å². The maximum atomic E-state index is 12.5. The van der Waals surface area contributed by atoms with E-state index in [0.717, 1.165) is 17.3 Å². The number of piperidine rings is 1. The topological polar surface area (TPSA) is 69.6 Å². The van der Waals surface area contributed by atoms with E-state index in [-0.39, 0.29) is 29.0 Å². The van der Waals surface area contributed by atoms with Crippen LogP contribution in [0, 0.1) is 5.92 Å². The zero-order valence-electron chi connectivity index (χ0n) is 11.9. The van der Waals surface area contributed by atoms with Gasteiger partial charge in [0, 0.05) is 24.1 Å². The Labute approximate surface area is 132 Å². The Bertz CT molecular complexity index is 548. The van der Waals surface area contributed by atoms with Crippen molar-refractivity contribution < 1.29 is 14.7 Å². The van der Waals surface area contributed by atoms with Gasteiger partial charge >= 0.3 is 0 Å². The minimum absolute atomic E-state index is 0.00605. The SMILES string of the molecule is CCNC(=O)C1CCCN(C(=O)c2cc(Br)ccc2O)C1. The second-order valence-corrected chi connectivity index (χ2v) is 6.06. The minimum Gasteiger partial charge on any atom is -0.507 e. The van der Waals surface area contributed by atoms with Crippen molar-refractivity contribution in [3.8, 4) is 5.75 Å². The largest absolute Gasteiger partial charge is 0.507 e. The van der Waals surface area contributed by atoms with Crippen LogP contribution >= 0.6 is 15.9 Å². The highest BCUT2D eigenvalue weighted by atomic mass is 79.9. The molecule has 1 atom stereocenters. The number of nitrogens with one attached hydrogen (secondary N) is 1. The smallest absolute Gasteiger partial charge is 0.257 e. The Hall–Kier alpha value is -1.56. The molecule has 2 rings (SSSR count). The summed E-state index contributed by atoms with van der Waals surface area (Å²) in [7, 11) is 0. The van der Waals surface area contributed by atoms with E-state index in [4.69, 9.17) is 0 Å². The van der Waals surface area contributed by atoms with Crippen LogP contribution < -0.4 is 5.32 Å². The number of likely N-dealkylation sites (tertiary alicyclic amines) is 1. The van der Waals surface area contributed by atoms with E-state index in [2.05, 4.69) is 21.2 Å². The normalized spacial score (nSPS) is 18.4. The highest BCUT2D eigenvalue weighted by Crippen LogP contribution is 2.25. The van der Waals surface area contributed by atoms with Crippen LogP contribution in [-0.4, -0.2) is 41.5 Å². The summed E-state index contributed by atoms with van der Waals surface area (Å²) in [6.45, 7) is 3.48. The van der Waals surface area contributed by atoms with Gasteiger partial charge in [-0.25, -0.2) is 0 Å². The summed E-state index contributed by atoms with van der Waals surface area (Å²) in [5.41, 5.74) is 0.265. The summed E-state index contributed by atoms with van der Waals surface area (Å²) >= 11 is 3.30. The van der Waals surface area contributed by atoms with Crippen LogP contribution in [0.1, 0.15) is 30.1 Å². The molecule has 1 aromatic carbocycles. The fraction of sp³-hybridized carbons (Fsp3) is 0.467. The van der Waals surface area contributed by atoms with Gasteiger partial charge in [-0.15, -0.1) is 0 Å². The number of amides is 2. The third-order valence-corrected chi connectivity index (χ3v) is 4.11. The number of nitrogens with zero attached hydrogens (tertiary/aromatic N) is 1. The average Bonchev–Trinajstić information content (AvgIpc) is 2.49. The second-order valence-electron chi connectivity index (χ2n) is 5.15. The van der Waals surface area contributed by atoms with Gasteiger partial charge in [-0.3, -0.25) is 9.59 Å². The van der Waals surface area contributed by atoms with Gasteiger partial charge in [0.25, 0.3) is 5.91 Å². The number of benzene rings is 1. The van der Waals surface area contributed by atoms with Crippen molar-refractivity contribution in [3.63, 3.8) is 0 Å². The molecular weight excluding hydrogens is 336 g/mol. The third-order valence-electron chi connectivity index (χ3n) is 3.62. The molecule has 1 aromatic rings. The summed E-state index contributed by atoms with van der Waals surface area (Å²) < 4.78 is 0.737. The number of rotatable bonds is 3. The Morgan fingerprint density at radius 1 is 1.48 bits per heavy atom. The Morgan fingerprint density at radius 2 is 2.24 bits per heavy atom. The van der Waals surface area contributed by atoms with Gasteiger partial charge in [0.05, 0.1) is 11.5 Å². The first-order chi connectivity index (χ1) is 10.0. The zero-order chi connectivity index (χ0) is 15.4. The van der Waals surface area contributed by atoms with E-state index in [1.807, 2.05) is 6.92 Å². The summed E-state index contributed by atoms with van der Waals surface area (Å²) in [5, 5.41) is 12.6. The first kappa shape index (κ1) is 15.8. The Morgan fingerprint density at radius 3 is 2.95 bits per heavy atom. The quantitative estimate of drug-likeness (QED) is 0.873. The molecule has 0 aromatic heterocycles. The Balaban J connectivity index is 2.12. The third kappa shape index (κ3) is 3.75. The van der Waals surface area contributed by atoms with Crippen molar-refractivity contribution in [1.29, 1.82) is 0 Å². The predicted octanol–water partition coefficient (Wildman–Crippen LogP) is 2.14. The first-order valence-corrected chi connectivity index (χ1v) is 7.87. The van der Waals surface area contributed by atoms with Gasteiger partial charge in [0.1, 0.15) is 5.75 Å². The molecule has 2 amide bonds. The molecule has 2 N–H and O–H groups in total. The molecule has 1 aliphatic heterocycles. The standard InChI is InChI=1S/C15H19BrN2O3/c1-2-17-14(20)10-4-3-7-18(9-10)15(21)12-8-11(16)5-6-13(12)19/h5-6,8,10,19H,2-4,7,9H2,1H3,(H,17,20). The van der Waals surface area contributed by atoms with Gasteiger partial charge in [-0.05, 0) is 38.0 Å². The number of carbonyl (C=O) groups is 2. The van der Waals surface area contributed by atoms with Gasteiger partial charge in [0.15, 0.2) is 0 Å². The van der Waals surface area contributed by atoms with E-state index >= 15 is 0 Å². The summed E-state index contributed by atoms with van der Waals surface area (Å²) in [6, 6.07) is 4.77. The summed E-state index contributed by atoms with van der Waals surface area (Å²) in [6.07, 6.45) is 1.59. The lowest BCUT2D eigenvalue weighted by Crippen LogP contribution is -2.45. The number of hydrogen-bond donors (Lipinski definition) is 2. The summed E-state index contributed by atoms with van der Waals surface area (Å²) in [4.78, 5) is 26.1. The van der Waals surface area contributed by atoms with Crippen LogP contribution in [0.25, 0.3) is 0 Å². The molecule has 0 saturated carbocycles. The fourth-order valence-corrected chi connectivity index (χ4v) is 2.91. The monoisotopic (exact) mass is 354 g/mol. The number of carbonyl (C=O) groups excluding carboxylic acids is 2. The molecule has 1 heterocycles. The number of hydrogen-bond acceptors (Lipinski definition) is 3. The van der Waals surface area contributed by atoms with Crippen molar-refractivity contribution >= 4 is 27.7 Å². The average molecular weight is 355 g/mol. The zero-order valence-corrected chi connectivity index (χ0v) is 13.5. The number of halogens is 1. The molecule has 1 aliphatic rings. The first-order valence-electron chi connectivity index (χ1n) is 7.08. The predicted molar refractivity (Wildman–Crippen MR) is 83.1 cm³/mol. The van der Waals surface area contributed by atoms with E-state index < -0.39 is 0 Å². The van der Waals surface area contributed by atoms with E-state index in [1.165, 1.54) is 6.07 Å². The van der Waals surface area contributed by atoms with Crippen LogP contribution in [-0.2, 0) is 4.79 Å². The molecule has 1 fully saturated rings. The molecule has 0 aliphatic carbocycles. The molecule has 1 unspecified atom stereocenters. The van der Waals surface area contributed by atoms with E-state index in [0.29, 0.717) is 19.6 Å². The van der Waals surface area contributed by atoms with E-state index in [1.54, 1.807) is 17.0 Å². The molecule has 5 nitrogen and oxygen atoms in total. The van der Waals surface area contributed by atoms with Crippen molar-refractivity contribution in [3.05, 3.63) is 28.2 Å². The number of phenols is 1. The maximum Gasteiger partial charge on any atom is 0.257 e. The fourth-order valence-electron chi connectivity index (χ4n) is 2.54. The van der Waals surface area contributed by atoms with Gasteiger partial charge in [-0.1, -0.05) is 15.9 Å². The molecule has 6 heteroatoms. The Kier molecular flexibility index (Phi) is 5.22. The van der Waals surface area contributed by atoms with Crippen molar-refractivity contribution in [1.82, 2.24) is 10.2 Å². The van der Waals surface area contributed by atoms with Crippen molar-refractivity contribution in [2.75, 3.05) is 19.6 Å². The number of aromatic hydroxyl groups is 1. The molecule has 114 valence electrons. The van der Waals surface area contributed by atoms with Gasteiger partial charge in [-0.2, -0.15) is 0 Å². The molecule has 0 radical (unpaired) electrons. The van der Waals surface area contributed by atoms with Gasteiger partial charge < -0.3 is 15.3 Å². The highest BCUT2D eigenvalue weighted by molar-refractivity contribution is 9.10. The molecule has 0 spiro atoms. The summed E-state index contributed by atoms with van der Waals surface area (Å²) in [5.74, 6) is -0.448.